The van der Waals surface area contributed by atoms with Gasteiger partial charge in [0.15, 0.2) is 5.76 Å². The number of amides is 1. The van der Waals surface area contributed by atoms with Crippen LogP contribution in [0.25, 0.3) is 22.7 Å². The average molecular weight is 568 g/mol. The normalized spacial score (nSPS) is 22.7. The average Bonchev–Trinajstić information content (AvgIpc) is 3.56. The van der Waals surface area contributed by atoms with E-state index in [4.69, 9.17) is 19.7 Å². The molecule has 3 atom stereocenters. The molecule has 10 heteroatoms. The fourth-order valence-corrected chi connectivity index (χ4v) is 6.59. The molecule has 0 bridgehead atoms. The minimum absolute atomic E-state index is 0.325. The lowest BCUT2D eigenvalue weighted by molar-refractivity contribution is 0.100. The molecule has 2 aliphatic carbocycles. The number of pyridine rings is 1. The van der Waals surface area contributed by atoms with Gasteiger partial charge in [-0.2, -0.15) is 4.98 Å². The monoisotopic (exact) mass is 567 g/mol. The zero-order valence-corrected chi connectivity index (χ0v) is 23.7. The Balaban J connectivity index is 0.976. The minimum atomic E-state index is -0.458. The number of oxazole rings is 1. The van der Waals surface area contributed by atoms with E-state index < -0.39 is 5.91 Å². The van der Waals surface area contributed by atoms with Crippen LogP contribution in [0.15, 0.2) is 57.7 Å². The highest BCUT2D eigenvalue weighted by molar-refractivity contribution is 5.93. The van der Waals surface area contributed by atoms with Gasteiger partial charge in [0.05, 0.1) is 6.20 Å². The van der Waals surface area contributed by atoms with Crippen molar-refractivity contribution >= 4 is 17.7 Å². The predicted molar refractivity (Wildman–Crippen MR) is 159 cm³/mol. The lowest BCUT2D eigenvalue weighted by Crippen LogP contribution is -2.39. The Morgan fingerprint density at radius 3 is 2.74 bits per heavy atom. The van der Waals surface area contributed by atoms with E-state index in [1.807, 2.05) is 12.3 Å². The van der Waals surface area contributed by atoms with E-state index in [9.17, 15) is 4.79 Å². The van der Waals surface area contributed by atoms with Crippen molar-refractivity contribution in [2.24, 2.45) is 17.6 Å². The van der Waals surface area contributed by atoms with Gasteiger partial charge in [0.1, 0.15) is 5.82 Å². The van der Waals surface area contributed by atoms with Crippen molar-refractivity contribution in [2.75, 3.05) is 23.3 Å². The van der Waals surface area contributed by atoms with Gasteiger partial charge in [-0.1, -0.05) is 30.1 Å². The quantitative estimate of drug-likeness (QED) is 0.248. The van der Waals surface area contributed by atoms with Gasteiger partial charge in [0.25, 0.3) is 6.01 Å². The molecule has 3 N–H and O–H groups in total. The molecule has 3 aromatic heterocycles. The Bertz CT molecular complexity index is 1530. The smallest absolute Gasteiger partial charge is 0.295 e. The fraction of sp³-hybridized carbons (Fsp3) is 0.469. The second kappa shape index (κ2) is 11.6. The number of piperidine rings is 1. The van der Waals surface area contributed by atoms with Crippen LogP contribution in [0.4, 0.5) is 11.8 Å². The third-order valence-electron chi connectivity index (χ3n) is 9.01. The number of primary amides is 1. The molecule has 0 radical (unpaired) electrons. The van der Waals surface area contributed by atoms with Crippen molar-refractivity contribution in [3.8, 4) is 22.7 Å². The van der Waals surface area contributed by atoms with Crippen LogP contribution in [0, 0.1) is 11.8 Å². The molecule has 4 heterocycles. The fourth-order valence-electron chi connectivity index (χ4n) is 6.59. The van der Waals surface area contributed by atoms with Crippen molar-refractivity contribution in [3.05, 3.63) is 60.2 Å². The first-order valence-electron chi connectivity index (χ1n) is 15.3. The van der Waals surface area contributed by atoms with E-state index in [0.29, 0.717) is 47.0 Å². The van der Waals surface area contributed by atoms with Crippen LogP contribution in [0.3, 0.4) is 0 Å². The summed E-state index contributed by atoms with van der Waals surface area (Å²) in [5, 5.41) is 7.77. The van der Waals surface area contributed by atoms with E-state index in [0.717, 1.165) is 55.2 Å². The highest BCUT2D eigenvalue weighted by Gasteiger charge is 2.32. The summed E-state index contributed by atoms with van der Waals surface area (Å²) in [4.78, 5) is 27.9. The molecule has 42 heavy (non-hydrogen) atoms. The SMILES string of the molecule is NC(=O)c1cccc(-c2cnc(N[C@@H]3CCCC[C@H]3C[C@H]3CCCN(c4ccc(-c5noc(C6CC6)n5)cn4)C3)o2)c1. The number of nitrogens with zero attached hydrogens (tertiary/aromatic N) is 5. The van der Waals surface area contributed by atoms with Gasteiger partial charge in [-0.05, 0) is 81.0 Å². The van der Waals surface area contributed by atoms with Crippen molar-refractivity contribution in [2.45, 2.75) is 69.7 Å². The number of benzene rings is 1. The van der Waals surface area contributed by atoms with E-state index in [1.165, 1.54) is 38.5 Å². The van der Waals surface area contributed by atoms with Crippen LogP contribution in [0.2, 0.25) is 0 Å². The molecule has 1 saturated heterocycles. The van der Waals surface area contributed by atoms with E-state index in [-0.39, 0.29) is 0 Å². The van der Waals surface area contributed by atoms with Crippen molar-refractivity contribution < 1.29 is 13.7 Å². The second-order valence-electron chi connectivity index (χ2n) is 12.1. The molecule has 2 saturated carbocycles. The summed E-state index contributed by atoms with van der Waals surface area (Å²) in [5.74, 6) is 4.18. The van der Waals surface area contributed by atoms with E-state index in [2.05, 4.69) is 37.5 Å². The topological polar surface area (TPSA) is 136 Å². The number of hydrogen-bond acceptors (Lipinski definition) is 9. The standard InChI is InChI=1S/C32H37N7O3/c33-29(40)24-8-3-7-23(16-24)27-18-35-32(41-27)36-26-9-2-1-6-22(26)15-20-5-4-14-39(19-20)28-13-12-25(17-34-28)30-37-31(42-38-30)21-10-11-21/h3,7-8,12-13,16-18,20-22,26H,1-2,4-6,9-11,14-15,19H2,(H2,33,40)(H,35,36)/t20-,22+,26-/m1/s1. The number of anilines is 2. The minimum Gasteiger partial charge on any atom is -0.424 e. The maximum atomic E-state index is 11.6. The van der Waals surface area contributed by atoms with Gasteiger partial charge in [-0.25, -0.2) is 9.97 Å². The number of carbonyl (C=O) groups excluding carboxylic acids is 1. The van der Waals surface area contributed by atoms with Crippen LogP contribution in [0.1, 0.15) is 80.0 Å². The second-order valence-corrected chi connectivity index (χ2v) is 12.1. The molecular weight excluding hydrogens is 530 g/mol. The summed E-state index contributed by atoms with van der Waals surface area (Å²) in [6.07, 6.45) is 14.2. The van der Waals surface area contributed by atoms with Gasteiger partial charge >= 0.3 is 0 Å². The molecule has 10 nitrogen and oxygen atoms in total. The van der Waals surface area contributed by atoms with Crippen LogP contribution >= 0.6 is 0 Å². The molecule has 1 aromatic carbocycles. The highest BCUT2D eigenvalue weighted by Crippen LogP contribution is 2.40. The van der Waals surface area contributed by atoms with E-state index >= 15 is 0 Å². The Morgan fingerprint density at radius 1 is 1.00 bits per heavy atom. The lowest BCUT2D eigenvalue weighted by Gasteiger charge is -2.38. The van der Waals surface area contributed by atoms with Crippen molar-refractivity contribution in [1.29, 1.82) is 0 Å². The van der Waals surface area contributed by atoms with Crippen LogP contribution in [-0.4, -0.2) is 45.1 Å². The lowest BCUT2D eigenvalue weighted by atomic mass is 9.77. The van der Waals surface area contributed by atoms with Gasteiger partial charge in [0.2, 0.25) is 17.6 Å². The van der Waals surface area contributed by atoms with E-state index in [1.54, 1.807) is 24.4 Å². The maximum absolute atomic E-state index is 11.6. The predicted octanol–water partition coefficient (Wildman–Crippen LogP) is 6.04. The number of rotatable bonds is 9. The Morgan fingerprint density at radius 2 is 1.90 bits per heavy atom. The summed E-state index contributed by atoms with van der Waals surface area (Å²) in [6, 6.07) is 12.1. The van der Waals surface area contributed by atoms with Crippen LogP contribution in [-0.2, 0) is 0 Å². The van der Waals surface area contributed by atoms with Crippen molar-refractivity contribution in [3.63, 3.8) is 0 Å². The molecule has 218 valence electrons. The number of nitrogens with one attached hydrogen (secondary N) is 1. The van der Waals surface area contributed by atoms with Crippen LogP contribution < -0.4 is 16.0 Å². The first-order valence-corrected chi connectivity index (χ1v) is 15.3. The summed E-state index contributed by atoms with van der Waals surface area (Å²) in [7, 11) is 0. The summed E-state index contributed by atoms with van der Waals surface area (Å²) in [6.45, 7) is 2.04. The Kier molecular flexibility index (Phi) is 7.36. The Hall–Kier alpha value is -4.21. The number of nitrogens with two attached hydrogens (primary N) is 1. The molecule has 0 unspecified atom stereocenters. The summed E-state index contributed by atoms with van der Waals surface area (Å²) in [5.41, 5.74) is 7.59. The molecule has 7 rings (SSSR count). The number of carbonyl (C=O) groups is 1. The van der Waals surface area contributed by atoms with Gasteiger partial charge < -0.3 is 24.9 Å². The summed E-state index contributed by atoms with van der Waals surface area (Å²) < 4.78 is 11.5. The zero-order chi connectivity index (χ0) is 28.5. The Labute approximate surface area is 245 Å². The molecular formula is C32H37N7O3. The number of aromatic nitrogens is 4. The molecule has 3 aliphatic rings. The molecule has 1 amide bonds. The summed E-state index contributed by atoms with van der Waals surface area (Å²) >= 11 is 0. The van der Waals surface area contributed by atoms with Gasteiger partial charge in [0, 0.05) is 47.9 Å². The number of hydrogen-bond donors (Lipinski definition) is 2. The molecule has 3 fully saturated rings. The van der Waals surface area contributed by atoms with Gasteiger partial charge in [-0.3, -0.25) is 4.79 Å². The largest absolute Gasteiger partial charge is 0.424 e. The third-order valence-corrected chi connectivity index (χ3v) is 9.01. The first kappa shape index (κ1) is 26.7. The molecule has 4 aromatic rings. The van der Waals surface area contributed by atoms with Crippen LogP contribution in [0.5, 0.6) is 0 Å². The molecule has 1 aliphatic heterocycles. The highest BCUT2D eigenvalue weighted by atomic mass is 16.5. The zero-order valence-electron chi connectivity index (χ0n) is 23.7. The maximum Gasteiger partial charge on any atom is 0.295 e. The van der Waals surface area contributed by atoms with Crippen molar-refractivity contribution in [1.82, 2.24) is 20.1 Å². The third kappa shape index (κ3) is 5.89. The van der Waals surface area contributed by atoms with Gasteiger partial charge in [-0.15, -0.1) is 0 Å². The first-order chi connectivity index (χ1) is 20.6. The molecule has 0 spiro atoms.